The molecular weight excluding hydrogens is 294 g/mol. The van der Waals surface area contributed by atoms with E-state index in [0.717, 1.165) is 37.3 Å². The maximum atomic E-state index is 11.8. The first-order valence-electron chi connectivity index (χ1n) is 6.75. The van der Waals surface area contributed by atoms with Crippen LogP contribution in [0.2, 0.25) is 0 Å². The summed E-state index contributed by atoms with van der Waals surface area (Å²) in [6.45, 7) is 3.31. The van der Waals surface area contributed by atoms with Gasteiger partial charge in [-0.15, -0.1) is 0 Å². The molecular formula is C13H17N3O4S. The van der Waals surface area contributed by atoms with Crippen molar-refractivity contribution in [2.75, 3.05) is 25.0 Å². The lowest BCUT2D eigenvalue weighted by Crippen LogP contribution is -2.29. The molecule has 2 heterocycles. The number of likely N-dealkylation sites (tertiary alicyclic amines) is 1. The van der Waals surface area contributed by atoms with E-state index in [-0.39, 0.29) is 22.3 Å². The van der Waals surface area contributed by atoms with Gasteiger partial charge < -0.3 is 15.3 Å². The zero-order valence-corrected chi connectivity index (χ0v) is 12.5. The van der Waals surface area contributed by atoms with E-state index < -0.39 is 5.97 Å². The third-order valence-corrected chi connectivity index (χ3v) is 4.34. The SMILES string of the molecule is CC(=O)c1sc(NCCC(=O)N2CCCC2)nc1C(=O)O. The van der Waals surface area contributed by atoms with Crippen LogP contribution in [0.4, 0.5) is 5.13 Å². The van der Waals surface area contributed by atoms with Crippen molar-refractivity contribution in [3.05, 3.63) is 10.6 Å². The van der Waals surface area contributed by atoms with E-state index in [1.54, 1.807) is 0 Å². The van der Waals surface area contributed by atoms with E-state index in [1.807, 2.05) is 4.90 Å². The number of carboxylic acids is 1. The van der Waals surface area contributed by atoms with Crippen molar-refractivity contribution >= 4 is 34.1 Å². The van der Waals surface area contributed by atoms with Crippen LogP contribution < -0.4 is 5.32 Å². The monoisotopic (exact) mass is 311 g/mol. The molecule has 0 aliphatic carbocycles. The molecule has 1 saturated heterocycles. The van der Waals surface area contributed by atoms with Crippen LogP contribution in [0.3, 0.4) is 0 Å². The Morgan fingerprint density at radius 1 is 1.33 bits per heavy atom. The number of Topliss-reactive ketones (excluding diaryl/α,β-unsaturated/α-hetero) is 1. The van der Waals surface area contributed by atoms with Crippen LogP contribution in [-0.2, 0) is 4.79 Å². The molecule has 0 unspecified atom stereocenters. The third-order valence-electron chi connectivity index (χ3n) is 3.22. The molecule has 1 aliphatic rings. The first-order valence-corrected chi connectivity index (χ1v) is 7.57. The minimum absolute atomic E-state index is 0.0850. The molecule has 114 valence electrons. The molecule has 0 bridgehead atoms. The molecule has 21 heavy (non-hydrogen) atoms. The van der Waals surface area contributed by atoms with Gasteiger partial charge in [-0.25, -0.2) is 9.78 Å². The summed E-state index contributed by atoms with van der Waals surface area (Å²) in [6.07, 6.45) is 2.43. The number of thiazole rings is 1. The molecule has 2 rings (SSSR count). The van der Waals surface area contributed by atoms with E-state index in [4.69, 9.17) is 5.11 Å². The highest BCUT2D eigenvalue weighted by Crippen LogP contribution is 2.23. The number of ketones is 1. The standard InChI is InChI=1S/C13H17N3O4S/c1-8(17)11-10(12(19)20)15-13(21-11)14-5-4-9(18)16-6-2-3-7-16/h2-7H2,1H3,(H,14,15)(H,19,20). The summed E-state index contributed by atoms with van der Waals surface area (Å²) in [6, 6.07) is 0. The molecule has 0 spiro atoms. The van der Waals surface area contributed by atoms with Gasteiger partial charge in [-0.1, -0.05) is 11.3 Å². The van der Waals surface area contributed by atoms with Gasteiger partial charge >= 0.3 is 5.97 Å². The highest BCUT2D eigenvalue weighted by Gasteiger charge is 2.21. The average Bonchev–Trinajstić information content (AvgIpc) is 3.07. The summed E-state index contributed by atoms with van der Waals surface area (Å²) in [5.41, 5.74) is -0.235. The van der Waals surface area contributed by atoms with Gasteiger partial charge in [0.15, 0.2) is 16.6 Å². The summed E-state index contributed by atoms with van der Waals surface area (Å²) in [7, 11) is 0. The molecule has 2 N–H and O–H groups in total. The number of nitrogens with one attached hydrogen (secondary N) is 1. The second-order valence-electron chi connectivity index (χ2n) is 4.82. The Balaban J connectivity index is 1.91. The first kappa shape index (κ1) is 15.4. The topological polar surface area (TPSA) is 99.6 Å². The molecule has 0 saturated carbocycles. The minimum atomic E-state index is -1.22. The third kappa shape index (κ3) is 3.78. The van der Waals surface area contributed by atoms with Crippen molar-refractivity contribution in [3.8, 4) is 0 Å². The van der Waals surface area contributed by atoms with Crippen LogP contribution >= 0.6 is 11.3 Å². The van der Waals surface area contributed by atoms with Crippen molar-refractivity contribution in [3.63, 3.8) is 0 Å². The van der Waals surface area contributed by atoms with Gasteiger partial charge in [0.1, 0.15) is 4.88 Å². The number of hydrogen-bond acceptors (Lipinski definition) is 6. The predicted octanol–water partition coefficient (Wildman–Crippen LogP) is 1.47. The summed E-state index contributed by atoms with van der Waals surface area (Å²) in [5, 5.41) is 12.3. The number of carbonyl (C=O) groups is 3. The molecule has 0 aromatic carbocycles. The van der Waals surface area contributed by atoms with Gasteiger partial charge in [0.25, 0.3) is 0 Å². The number of amides is 1. The Bertz CT molecular complexity index is 532. The molecule has 1 fully saturated rings. The van der Waals surface area contributed by atoms with Crippen molar-refractivity contribution in [2.24, 2.45) is 0 Å². The molecule has 1 aromatic rings. The number of aromatic nitrogens is 1. The van der Waals surface area contributed by atoms with Gasteiger partial charge in [-0.3, -0.25) is 9.59 Å². The molecule has 8 heteroatoms. The smallest absolute Gasteiger partial charge is 0.356 e. The van der Waals surface area contributed by atoms with Crippen molar-refractivity contribution in [1.29, 1.82) is 0 Å². The number of anilines is 1. The Labute approximate surface area is 126 Å². The maximum absolute atomic E-state index is 11.8. The van der Waals surface area contributed by atoms with Gasteiger partial charge in [-0.2, -0.15) is 0 Å². The van der Waals surface area contributed by atoms with Crippen LogP contribution in [0.1, 0.15) is 46.3 Å². The zero-order valence-electron chi connectivity index (χ0n) is 11.7. The normalized spacial score (nSPS) is 14.2. The van der Waals surface area contributed by atoms with Gasteiger partial charge in [-0.05, 0) is 12.8 Å². The fourth-order valence-corrected chi connectivity index (χ4v) is 3.06. The lowest BCUT2D eigenvalue weighted by Gasteiger charge is -2.14. The van der Waals surface area contributed by atoms with Crippen LogP contribution in [0.25, 0.3) is 0 Å². The Morgan fingerprint density at radius 2 is 2.00 bits per heavy atom. The van der Waals surface area contributed by atoms with Crippen LogP contribution in [0, 0.1) is 0 Å². The van der Waals surface area contributed by atoms with Crippen molar-refractivity contribution in [1.82, 2.24) is 9.88 Å². The van der Waals surface area contributed by atoms with Crippen molar-refractivity contribution in [2.45, 2.75) is 26.2 Å². The largest absolute Gasteiger partial charge is 0.476 e. The fourth-order valence-electron chi connectivity index (χ4n) is 2.18. The molecule has 0 radical (unpaired) electrons. The molecule has 7 nitrogen and oxygen atoms in total. The molecule has 1 aliphatic heterocycles. The summed E-state index contributed by atoms with van der Waals surface area (Å²) in [4.78, 5) is 40.0. The number of carboxylic acid groups (broad SMARTS) is 1. The van der Waals surface area contributed by atoms with Crippen LogP contribution in [-0.4, -0.2) is 52.3 Å². The number of hydrogen-bond donors (Lipinski definition) is 2. The number of rotatable bonds is 6. The summed E-state index contributed by atoms with van der Waals surface area (Å²) >= 11 is 1.00. The second-order valence-corrected chi connectivity index (χ2v) is 5.82. The van der Waals surface area contributed by atoms with Gasteiger partial charge in [0, 0.05) is 33.0 Å². The van der Waals surface area contributed by atoms with E-state index in [2.05, 4.69) is 10.3 Å². The molecule has 1 aromatic heterocycles. The molecule has 1 amide bonds. The number of nitrogens with zero attached hydrogens (tertiary/aromatic N) is 2. The van der Waals surface area contributed by atoms with Gasteiger partial charge in [0.2, 0.25) is 5.91 Å². The molecule has 0 atom stereocenters. The van der Waals surface area contributed by atoms with E-state index in [1.165, 1.54) is 6.92 Å². The minimum Gasteiger partial charge on any atom is -0.476 e. The average molecular weight is 311 g/mol. The Morgan fingerprint density at radius 3 is 2.52 bits per heavy atom. The maximum Gasteiger partial charge on any atom is 0.356 e. The number of carbonyl (C=O) groups excluding carboxylic acids is 2. The van der Waals surface area contributed by atoms with Crippen LogP contribution in [0.15, 0.2) is 0 Å². The second kappa shape index (κ2) is 6.66. The summed E-state index contributed by atoms with van der Waals surface area (Å²) in [5.74, 6) is -1.47. The Kier molecular flexibility index (Phi) is 4.89. The lowest BCUT2D eigenvalue weighted by molar-refractivity contribution is -0.129. The highest BCUT2D eigenvalue weighted by atomic mass is 32.1. The van der Waals surface area contributed by atoms with E-state index >= 15 is 0 Å². The number of aromatic carboxylic acids is 1. The van der Waals surface area contributed by atoms with E-state index in [9.17, 15) is 14.4 Å². The zero-order chi connectivity index (χ0) is 15.4. The highest BCUT2D eigenvalue weighted by molar-refractivity contribution is 7.17. The van der Waals surface area contributed by atoms with Gasteiger partial charge in [0.05, 0.1) is 0 Å². The van der Waals surface area contributed by atoms with Crippen LogP contribution in [0.5, 0.6) is 0 Å². The predicted molar refractivity (Wildman–Crippen MR) is 78.0 cm³/mol. The van der Waals surface area contributed by atoms with E-state index in [0.29, 0.717) is 18.1 Å². The fraction of sp³-hybridized carbons (Fsp3) is 0.538. The summed E-state index contributed by atoms with van der Waals surface area (Å²) < 4.78 is 0. The van der Waals surface area contributed by atoms with Crippen molar-refractivity contribution < 1.29 is 19.5 Å². The Hall–Kier alpha value is -1.96. The first-order chi connectivity index (χ1) is 9.99. The quantitative estimate of drug-likeness (QED) is 0.772. The lowest BCUT2D eigenvalue weighted by atomic mass is 10.3.